The first-order chi connectivity index (χ1) is 10.3. The molecular weight excluding hydrogens is 267 g/mol. The number of rotatable bonds is 8. The summed E-state index contributed by atoms with van der Waals surface area (Å²) in [6.07, 6.45) is 5.33. The van der Waals surface area contributed by atoms with Crippen molar-refractivity contribution in [3.8, 4) is 0 Å². The maximum absolute atomic E-state index is 13.4. The van der Waals surface area contributed by atoms with Gasteiger partial charge in [-0.1, -0.05) is 25.1 Å². The van der Waals surface area contributed by atoms with Crippen molar-refractivity contribution in [2.45, 2.75) is 26.3 Å². The first-order valence-electron chi connectivity index (χ1n) is 7.28. The Kier molecular flexibility index (Phi) is 6.09. The van der Waals surface area contributed by atoms with Gasteiger partial charge in [0.1, 0.15) is 5.82 Å². The molecule has 0 spiro atoms. The van der Waals surface area contributed by atoms with Gasteiger partial charge in [0.25, 0.3) is 0 Å². The molecule has 0 amide bonds. The molecule has 0 saturated carbocycles. The second-order valence-corrected chi connectivity index (χ2v) is 4.86. The van der Waals surface area contributed by atoms with Gasteiger partial charge in [0.05, 0.1) is 0 Å². The van der Waals surface area contributed by atoms with E-state index in [-0.39, 0.29) is 5.82 Å². The van der Waals surface area contributed by atoms with E-state index in [0.29, 0.717) is 18.9 Å². The Hall–Kier alpha value is -2.01. The van der Waals surface area contributed by atoms with Crippen LogP contribution in [0.3, 0.4) is 0 Å². The Labute approximate surface area is 124 Å². The Balaban J connectivity index is 1.72. The van der Waals surface area contributed by atoms with Crippen molar-refractivity contribution in [3.63, 3.8) is 0 Å². The summed E-state index contributed by atoms with van der Waals surface area (Å²) < 4.78 is 13.4. The van der Waals surface area contributed by atoms with Crippen LogP contribution in [0.15, 0.2) is 36.7 Å². The summed E-state index contributed by atoms with van der Waals surface area (Å²) in [6.45, 7) is 4.38. The zero-order valence-electron chi connectivity index (χ0n) is 12.3. The minimum Gasteiger partial charge on any atom is -0.354 e. The molecule has 21 heavy (non-hydrogen) atoms. The average Bonchev–Trinajstić information content (AvgIpc) is 2.52. The normalized spacial score (nSPS) is 10.6. The molecular formula is C16H21FN4. The Morgan fingerprint density at radius 1 is 1.10 bits per heavy atom. The van der Waals surface area contributed by atoms with Gasteiger partial charge in [-0.3, -0.25) is 0 Å². The van der Waals surface area contributed by atoms with E-state index in [4.69, 9.17) is 0 Å². The van der Waals surface area contributed by atoms with Gasteiger partial charge < -0.3 is 10.6 Å². The van der Waals surface area contributed by atoms with Gasteiger partial charge in [0, 0.05) is 31.0 Å². The van der Waals surface area contributed by atoms with Crippen LogP contribution in [-0.4, -0.2) is 23.1 Å². The second kappa shape index (κ2) is 8.32. The Bertz CT molecular complexity index is 542. The van der Waals surface area contributed by atoms with Crippen molar-refractivity contribution >= 4 is 5.95 Å². The molecule has 0 aliphatic carbocycles. The summed E-state index contributed by atoms with van der Waals surface area (Å²) in [5.74, 6) is 0.515. The largest absolute Gasteiger partial charge is 0.354 e. The van der Waals surface area contributed by atoms with Crippen LogP contribution < -0.4 is 10.6 Å². The summed E-state index contributed by atoms with van der Waals surface area (Å²) >= 11 is 0. The van der Waals surface area contributed by atoms with Crippen LogP contribution in [0.25, 0.3) is 0 Å². The monoisotopic (exact) mass is 288 g/mol. The smallest absolute Gasteiger partial charge is 0.222 e. The lowest BCUT2D eigenvalue weighted by Gasteiger charge is -2.07. The maximum atomic E-state index is 13.4. The molecule has 0 unspecified atom stereocenters. The molecule has 2 rings (SSSR count). The lowest BCUT2D eigenvalue weighted by Crippen LogP contribution is -2.17. The number of hydrogen-bond acceptors (Lipinski definition) is 4. The molecule has 0 fully saturated rings. The molecule has 1 aromatic heterocycles. The fourth-order valence-corrected chi connectivity index (χ4v) is 1.93. The van der Waals surface area contributed by atoms with Crippen LogP contribution in [-0.2, 0) is 13.0 Å². The zero-order chi connectivity index (χ0) is 14.9. The number of benzene rings is 1. The van der Waals surface area contributed by atoms with Crippen LogP contribution in [0, 0.1) is 5.82 Å². The van der Waals surface area contributed by atoms with Gasteiger partial charge in [0.15, 0.2) is 0 Å². The average molecular weight is 288 g/mol. The SMILES string of the molecule is CCCNc1ncc(CNCCc2ccccc2F)cn1. The summed E-state index contributed by atoms with van der Waals surface area (Å²) in [6, 6.07) is 6.87. The number of nitrogens with zero attached hydrogens (tertiary/aromatic N) is 2. The van der Waals surface area contributed by atoms with E-state index in [0.717, 1.165) is 30.6 Å². The first-order valence-corrected chi connectivity index (χ1v) is 7.28. The van der Waals surface area contributed by atoms with Gasteiger partial charge in [-0.05, 0) is 31.0 Å². The minimum absolute atomic E-state index is 0.144. The third-order valence-electron chi connectivity index (χ3n) is 3.10. The van der Waals surface area contributed by atoms with Crippen molar-refractivity contribution in [1.29, 1.82) is 0 Å². The minimum atomic E-state index is -0.144. The van der Waals surface area contributed by atoms with Crippen LogP contribution in [0.5, 0.6) is 0 Å². The highest BCUT2D eigenvalue weighted by molar-refractivity contribution is 5.24. The number of nitrogens with one attached hydrogen (secondary N) is 2. The van der Waals surface area contributed by atoms with Crippen molar-refractivity contribution in [2.24, 2.45) is 0 Å². The third kappa shape index (κ3) is 5.11. The molecule has 5 heteroatoms. The van der Waals surface area contributed by atoms with Gasteiger partial charge in [-0.15, -0.1) is 0 Å². The van der Waals surface area contributed by atoms with E-state index in [1.165, 1.54) is 6.07 Å². The van der Waals surface area contributed by atoms with E-state index in [9.17, 15) is 4.39 Å². The van der Waals surface area contributed by atoms with Crippen LogP contribution in [0.1, 0.15) is 24.5 Å². The fraction of sp³-hybridized carbons (Fsp3) is 0.375. The highest BCUT2D eigenvalue weighted by atomic mass is 19.1. The molecule has 0 aliphatic rings. The van der Waals surface area contributed by atoms with E-state index in [1.54, 1.807) is 18.5 Å². The van der Waals surface area contributed by atoms with Gasteiger partial charge in [0.2, 0.25) is 5.95 Å². The predicted octanol–water partition coefficient (Wildman–Crippen LogP) is 2.77. The summed E-state index contributed by atoms with van der Waals surface area (Å²) in [5.41, 5.74) is 1.76. The van der Waals surface area contributed by atoms with Gasteiger partial charge in [-0.25, -0.2) is 14.4 Å². The van der Waals surface area contributed by atoms with Crippen LogP contribution in [0.2, 0.25) is 0 Å². The molecule has 0 bridgehead atoms. The van der Waals surface area contributed by atoms with Crippen molar-refractivity contribution in [1.82, 2.24) is 15.3 Å². The zero-order valence-corrected chi connectivity index (χ0v) is 12.3. The van der Waals surface area contributed by atoms with Crippen LogP contribution >= 0.6 is 0 Å². The lowest BCUT2D eigenvalue weighted by atomic mass is 10.1. The molecule has 0 aliphatic heterocycles. The van der Waals surface area contributed by atoms with Crippen molar-refractivity contribution in [2.75, 3.05) is 18.4 Å². The number of halogens is 1. The fourth-order valence-electron chi connectivity index (χ4n) is 1.93. The topological polar surface area (TPSA) is 49.8 Å². The highest BCUT2D eigenvalue weighted by Crippen LogP contribution is 2.06. The third-order valence-corrected chi connectivity index (χ3v) is 3.10. The summed E-state index contributed by atoms with van der Waals surface area (Å²) in [7, 11) is 0. The van der Waals surface area contributed by atoms with Gasteiger partial charge in [-0.2, -0.15) is 0 Å². The van der Waals surface area contributed by atoms with Crippen LogP contribution in [0.4, 0.5) is 10.3 Å². The molecule has 4 nitrogen and oxygen atoms in total. The van der Waals surface area contributed by atoms with Crippen molar-refractivity contribution < 1.29 is 4.39 Å². The summed E-state index contributed by atoms with van der Waals surface area (Å²) in [5, 5.41) is 6.41. The standard InChI is InChI=1S/C16H21FN4/c1-2-8-19-16-20-11-13(12-21-16)10-18-9-7-14-5-3-4-6-15(14)17/h3-6,11-12,18H,2,7-10H2,1H3,(H,19,20,21). The molecule has 2 aromatic rings. The molecule has 2 N–H and O–H groups in total. The number of hydrogen-bond donors (Lipinski definition) is 2. The lowest BCUT2D eigenvalue weighted by molar-refractivity contribution is 0.597. The number of anilines is 1. The Morgan fingerprint density at radius 3 is 2.57 bits per heavy atom. The second-order valence-electron chi connectivity index (χ2n) is 4.86. The first kappa shape index (κ1) is 15.4. The Morgan fingerprint density at radius 2 is 1.86 bits per heavy atom. The maximum Gasteiger partial charge on any atom is 0.222 e. The van der Waals surface area contributed by atoms with E-state index >= 15 is 0 Å². The molecule has 0 atom stereocenters. The molecule has 1 aromatic carbocycles. The van der Waals surface area contributed by atoms with Gasteiger partial charge >= 0.3 is 0 Å². The number of aromatic nitrogens is 2. The highest BCUT2D eigenvalue weighted by Gasteiger charge is 2.00. The predicted molar refractivity (Wildman–Crippen MR) is 82.6 cm³/mol. The van der Waals surface area contributed by atoms with Crippen molar-refractivity contribution in [3.05, 3.63) is 53.6 Å². The molecule has 1 heterocycles. The van der Waals surface area contributed by atoms with E-state index in [1.807, 2.05) is 12.1 Å². The quantitative estimate of drug-likeness (QED) is 0.733. The van der Waals surface area contributed by atoms with E-state index in [2.05, 4.69) is 27.5 Å². The molecule has 0 radical (unpaired) electrons. The molecule has 0 saturated heterocycles. The van der Waals surface area contributed by atoms with E-state index < -0.39 is 0 Å². The molecule has 112 valence electrons. The summed E-state index contributed by atoms with van der Waals surface area (Å²) in [4.78, 5) is 8.49.